The number of rotatable bonds is 7. The highest BCUT2D eigenvalue weighted by Gasteiger charge is 2.36. The lowest BCUT2D eigenvalue weighted by atomic mass is 10.1. The van der Waals surface area contributed by atoms with Crippen LogP contribution in [0.3, 0.4) is 0 Å². The maximum Gasteiger partial charge on any atom is 0.423 e. The fourth-order valence-corrected chi connectivity index (χ4v) is 2.54. The smallest absolute Gasteiger partial charge is 0.423 e. The number of anilines is 2. The van der Waals surface area contributed by atoms with E-state index in [1.807, 2.05) is 31.2 Å². The van der Waals surface area contributed by atoms with Gasteiger partial charge in [0.25, 0.3) is 0 Å². The van der Waals surface area contributed by atoms with Gasteiger partial charge in [0.1, 0.15) is 5.56 Å². The second-order valence-electron chi connectivity index (χ2n) is 5.48. The lowest BCUT2D eigenvalue weighted by molar-refractivity contribution is -0.139. The van der Waals surface area contributed by atoms with E-state index in [1.165, 1.54) is 0 Å². The normalized spacial score (nSPS) is 11.4. The van der Waals surface area contributed by atoms with E-state index < -0.39 is 17.6 Å². The lowest BCUT2D eigenvalue weighted by Crippen LogP contribution is -2.21. The molecule has 0 aliphatic carbocycles. The van der Waals surface area contributed by atoms with Crippen LogP contribution in [0.25, 0.3) is 0 Å². The van der Waals surface area contributed by atoms with E-state index in [4.69, 9.17) is 4.74 Å². The average molecular weight is 353 g/mol. The molecular formula is C18H22F3N3O. The third-order valence-corrected chi connectivity index (χ3v) is 3.65. The van der Waals surface area contributed by atoms with Gasteiger partial charge in [-0.3, -0.25) is 0 Å². The largest absolute Gasteiger partial charge is 0.477 e. The predicted octanol–water partition coefficient (Wildman–Crippen LogP) is 5.00. The average Bonchev–Trinajstić information content (AvgIpc) is 2.56. The number of hydrogen-bond acceptors (Lipinski definition) is 4. The quantitative estimate of drug-likeness (QED) is 0.702. The van der Waals surface area contributed by atoms with Crippen molar-refractivity contribution in [1.82, 2.24) is 9.97 Å². The number of halogens is 3. The molecule has 0 radical (unpaired) electrons. The Morgan fingerprint density at radius 1 is 1.16 bits per heavy atom. The molecule has 0 atom stereocenters. The topological polar surface area (TPSA) is 38.2 Å². The minimum absolute atomic E-state index is 0.0949. The molecule has 7 heteroatoms. The van der Waals surface area contributed by atoms with Crippen molar-refractivity contribution < 1.29 is 17.9 Å². The zero-order valence-electron chi connectivity index (χ0n) is 14.6. The number of ether oxygens (including phenoxy) is 1. The van der Waals surface area contributed by atoms with Crippen LogP contribution in [0.1, 0.15) is 38.3 Å². The molecule has 0 saturated carbocycles. The highest BCUT2D eigenvalue weighted by molar-refractivity contribution is 5.58. The summed E-state index contributed by atoms with van der Waals surface area (Å²) in [5, 5.41) is 0. The molecule has 0 aliphatic heterocycles. The van der Waals surface area contributed by atoms with E-state index in [0.29, 0.717) is 6.54 Å². The molecular weight excluding hydrogens is 331 g/mol. The maximum atomic E-state index is 13.1. The first-order valence-corrected chi connectivity index (χ1v) is 8.34. The highest BCUT2D eigenvalue weighted by Crippen LogP contribution is 2.36. The van der Waals surface area contributed by atoms with Crippen molar-refractivity contribution >= 4 is 11.6 Å². The molecule has 0 N–H and O–H groups in total. The molecule has 25 heavy (non-hydrogen) atoms. The molecule has 4 nitrogen and oxygen atoms in total. The summed E-state index contributed by atoms with van der Waals surface area (Å²) in [6.45, 7) is 6.23. The van der Waals surface area contributed by atoms with Crippen molar-refractivity contribution in [3.8, 4) is 5.88 Å². The summed E-state index contributed by atoms with van der Waals surface area (Å²) in [6, 6.07) is 7.86. The third kappa shape index (κ3) is 4.61. The Kier molecular flexibility index (Phi) is 6.22. The standard InChI is InChI=1S/C18H22F3N3O/c1-4-8-13-9-7-10-14(11-13)24(5-2)17-22-12-15(18(19,20)21)16(23-17)25-6-3/h7,9-12H,4-6,8H2,1-3H3. The SMILES string of the molecule is CCCc1cccc(N(CC)c2ncc(C(F)(F)F)c(OCC)n2)c1. The summed E-state index contributed by atoms with van der Waals surface area (Å²) in [7, 11) is 0. The van der Waals surface area contributed by atoms with Crippen LogP contribution in [0.5, 0.6) is 5.88 Å². The van der Waals surface area contributed by atoms with Crippen LogP contribution in [-0.4, -0.2) is 23.1 Å². The summed E-state index contributed by atoms with van der Waals surface area (Å²) >= 11 is 0. The Balaban J connectivity index is 2.43. The fourth-order valence-electron chi connectivity index (χ4n) is 2.54. The van der Waals surface area contributed by atoms with Gasteiger partial charge >= 0.3 is 6.18 Å². The highest BCUT2D eigenvalue weighted by atomic mass is 19.4. The molecule has 1 aromatic carbocycles. The monoisotopic (exact) mass is 353 g/mol. The van der Waals surface area contributed by atoms with Crippen molar-refractivity contribution in [3.05, 3.63) is 41.6 Å². The minimum Gasteiger partial charge on any atom is -0.477 e. The van der Waals surface area contributed by atoms with E-state index in [9.17, 15) is 13.2 Å². The number of alkyl halides is 3. The van der Waals surface area contributed by atoms with Crippen LogP contribution in [0.4, 0.5) is 24.8 Å². The van der Waals surface area contributed by atoms with Gasteiger partial charge in [-0.25, -0.2) is 4.98 Å². The molecule has 1 aromatic heterocycles. The Morgan fingerprint density at radius 3 is 2.52 bits per heavy atom. The molecule has 1 heterocycles. The summed E-state index contributed by atoms with van der Waals surface area (Å²) in [5.74, 6) is -0.254. The Hall–Kier alpha value is -2.31. The van der Waals surface area contributed by atoms with Gasteiger partial charge in [0.2, 0.25) is 11.8 Å². The van der Waals surface area contributed by atoms with Gasteiger partial charge in [0, 0.05) is 18.4 Å². The number of aryl methyl sites for hydroxylation is 1. The second-order valence-corrected chi connectivity index (χ2v) is 5.48. The first kappa shape index (κ1) is 19.0. The number of benzene rings is 1. The molecule has 2 rings (SSSR count). The molecule has 0 unspecified atom stereocenters. The molecule has 0 aliphatic rings. The molecule has 0 saturated heterocycles. The van der Waals surface area contributed by atoms with Crippen molar-refractivity contribution in [3.63, 3.8) is 0 Å². The van der Waals surface area contributed by atoms with Crippen LogP contribution >= 0.6 is 0 Å². The van der Waals surface area contributed by atoms with Crippen molar-refractivity contribution in [2.24, 2.45) is 0 Å². The maximum absolute atomic E-state index is 13.1. The van der Waals surface area contributed by atoms with Gasteiger partial charge in [-0.15, -0.1) is 0 Å². The second kappa shape index (κ2) is 8.18. The van der Waals surface area contributed by atoms with Crippen molar-refractivity contribution in [2.45, 2.75) is 39.8 Å². The van der Waals surface area contributed by atoms with E-state index in [0.717, 1.165) is 30.3 Å². The summed E-state index contributed by atoms with van der Waals surface area (Å²) in [6.07, 6.45) is -1.82. The van der Waals surface area contributed by atoms with Gasteiger partial charge in [-0.1, -0.05) is 25.5 Å². The van der Waals surface area contributed by atoms with Gasteiger partial charge in [-0.05, 0) is 38.0 Å². The van der Waals surface area contributed by atoms with Crippen LogP contribution in [0, 0.1) is 0 Å². The van der Waals surface area contributed by atoms with E-state index >= 15 is 0 Å². The van der Waals surface area contributed by atoms with Crippen LogP contribution in [0.15, 0.2) is 30.5 Å². The fraction of sp³-hybridized carbons (Fsp3) is 0.444. The van der Waals surface area contributed by atoms with Gasteiger partial charge in [0.05, 0.1) is 6.61 Å². The molecule has 136 valence electrons. The zero-order chi connectivity index (χ0) is 18.4. The summed E-state index contributed by atoms with van der Waals surface area (Å²) < 4.78 is 44.3. The Bertz CT molecular complexity index is 704. The number of aromatic nitrogens is 2. The Morgan fingerprint density at radius 2 is 1.92 bits per heavy atom. The Labute approximate surface area is 145 Å². The van der Waals surface area contributed by atoms with Crippen LogP contribution in [0.2, 0.25) is 0 Å². The first-order valence-electron chi connectivity index (χ1n) is 8.34. The van der Waals surface area contributed by atoms with Gasteiger partial charge in [-0.2, -0.15) is 18.2 Å². The van der Waals surface area contributed by atoms with E-state index in [-0.39, 0.29) is 12.6 Å². The molecule has 0 bridgehead atoms. The van der Waals surface area contributed by atoms with E-state index in [2.05, 4.69) is 16.9 Å². The summed E-state index contributed by atoms with van der Waals surface area (Å²) in [4.78, 5) is 9.72. The first-order chi connectivity index (χ1) is 11.9. The number of nitrogens with zero attached hydrogens (tertiary/aromatic N) is 3. The predicted molar refractivity (Wildman–Crippen MR) is 91.3 cm³/mol. The molecule has 0 fully saturated rings. The van der Waals surface area contributed by atoms with Crippen molar-refractivity contribution in [2.75, 3.05) is 18.1 Å². The van der Waals surface area contributed by atoms with Crippen molar-refractivity contribution in [1.29, 1.82) is 0 Å². The van der Waals surface area contributed by atoms with Crippen LogP contribution in [-0.2, 0) is 12.6 Å². The third-order valence-electron chi connectivity index (χ3n) is 3.65. The minimum atomic E-state index is -4.55. The van der Waals surface area contributed by atoms with Gasteiger partial charge < -0.3 is 9.64 Å². The van der Waals surface area contributed by atoms with Crippen LogP contribution < -0.4 is 9.64 Å². The van der Waals surface area contributed by atoms with Gasteiger partial charge in [0.15, 0.2) is 0 Å². The molecule has 2 aromatic rings. The van der Waals surface area contributed by atoms with E-state index in [1.54, 1.807) is 11.8 Å². The summed E-state index contributed by atoms with van der Waals surface area (Å²) in [5.41, 5.74) is 1.04. The zero-order valence-corrected chi connectivity index (χ0v) is 14.6. The lowest BCUT2D eigenvalue weighted by Gasteiger charge is -2.23. The molecule has 0 spiro atoms. The number of hydrogen-bond donors (Lipinski definition) is 0. The molecule has 0 amide bonds.